The molecular weight excluding hydrogens is 332 g/mol. The molecule has 0 unspecified atom stereocenters. The van der Waals surface area contributed by atoms with Crippen LogP contribution in [-0.4, -0.2) is 37.3 Å². The van der Waals surface area contributed by atoms with E-state index in [4.69, 9.17) is 14.2 Å². The first-order chi connectivity index (χ1) is 12.6. The quantitative estimate of drug-likeness (QED) is 0.777. The van der Waals surface area contributed by atoms with Gasteiger partial charge in [0, 0.05) is 29.9 Å². The number of ether oxygens (including phenoxy) is 3. The Morgan fingerprint density at radius 3 is 2.08 bits per heavy atom. The fraction of sp³-hybridized carbons (Fsp3) is 0.474. The van der Waals surface area contributed by atoms with Gasteiger partial charge >= 0.3 is 0 Å². The molecule has 0 aliphatic heterocycles. The van der Waals surface area contributed by atoms with Crippen LogP contribution in [0.3, 0.4) is 0 Å². The fourth-order valence-corrected chi connectivity index (χ4v) is 3.29. The van der Waals surface area contributed by atoms with Crippen LogP contribution in [-0.2, 0) is 0 Å². The van der Waals surface area contributed by atoms with E-state index in [1.165, 1.54) is 25.7 Å². The van der Waals surface area contributed by atoms with E-state index in [1.807, 2.05) is 25.1 Å². The van der Waals surface area contributed by atoms with Crippen molar-refractivity contribution in [3.63, 3.8) is 0 Å². The number of rotatable bonds is 7. The van der Waals surface area contributed by atoms with Crippen LogP contribution in [0.2, 0.25) is 0 Å². The van der Waals surface area contributed by atoms with Gasteiger partial charge in [0.15, 0.2) is 11.5 Å². The maximum atomic E-state index is 5.40. The van der Waals surface area contributed by atoms with Crippen molar-refractivity contribution in [1.29, 1.82) is 0 Å². The summed E-state index contributed by atoms with van der Waals surface area (Å²) < 4.78 is 16.2. The molecule has 0 saturated heterocycles. The number of benzene rings is 1. The molecule has 3 rings (SSSR count). The van der Waals surface area contributed by atoms with E-state index in [-0.39, 0.29) is 0 Å². The smallest absolute Gasteiger partial charge is 0.203 e. The minimum atomic E-state index is 0.498. The number of anilines is 3. The molecule has 0 radical (unpaired) electrons. The Morgan fingerprint density at radius 2 is 1.50 bits per heavy atom. The van der Waals surface area contributed by atoms with Crippen LogP contribution in [0.4, 0.5) is 17.3 Å². The first-order valence-electron chi connectivity index (χ1n) is 8.82. The molecule has 2 N–H and O–H groups in total. The monoisotopic (exact) mass is 358 g/mol. The Morgan fingerprint density at radius 1 is 0.885 bits per heavy atom. The largest absolute Gasteiger partial charge is 0.493 e. The van der Waals surface area contributed by atoms with Crippen molar-refractivity contribution in [2.24, 2.45) is 0 Å². The van der Waals surface area contributed by atoms with E-state index in [9.17, 15) is 0 Å². The van der Waals surface area contributed by atoms with Gasteiger partial charge in [-0.2, -0.15) is 0 Å². The third-order valence-corrected chi connectivity index (χ3v) is 4.48. The summed E-state index contributed by atoms with van der Waals surface area (Å²) in [5.41, 5.74) is 0.796. The minimum Gasteiger partial charge on any atom is -0.493 e. The molecule has 1 aromatic heterocycles. The number of aromatic nitrogens is 2. The van der Waals surface area contributed by atoms with Crippen molar-refractivity contribution >= 4 is 17.3 Å². The number of nitrogens with zero attached hydrogens (tertiary/aromatic N) is 2. The normalized spacial score (nSPS) is 14.2. The minimum absolute atomic E-state index is 0.498. The van der Waals surface area contributed by atoms with Crippen LogP contribution in [0.1, 0.15) is 31.5 Å². The average Bonchev–Trinajstić information content (AvgIpc) is 3.13. The zero-order valence-electron chi connectivity index (χ0n) is 15.8. The summed E-state index contributed by atoms with van der Waals surface area (Å²) in [6, 6.07) is 6.12. The van der Waals surface area contributed by atoms with Gasteiger partial charge in [-0.1, -0.05) is 12.8 Å². The zero-order valence-corrected chi connectivity index (χ0v) is 15.8. The number of hydrogen-bond donors (Lipinski definition) is 2. The van der Waals surface area contributed by atoms with Crippen LogP contribution in [0.15, 0.2) is 18.2 Å². The predicted molar refractivity (Wildman–Crippen MR) is 102 cm³/mol. The number of methoxy groups -OCH3 is 3. The molecule has 0 atom stereocenters. The molecule has 0 spiro atoms. The highest BCUT2D eigenvalue weighted by atomic mass is 16.5. The Kier molecular flexibility index (Phi) is 5.65. The molecule has 26 heavy (non-hydrogen) atoms. The molecule has 0 bridgehead atoms. The van der Waals surface area contributed by atoms with Gasteiger partial charge in [-0.15, -0.1) is 0 Å². The van der Waals surface area contributed by atoms with Crippen LogP contribution in [0, 0.1) is 6.92 Å². The number of nitrogens with one attached hydrogen (secondary N) is 2. The van der Waals surface area contributed by atoms with Crippen molar-refractivity contribution < 1.29 is 14.2 Å². The first kappa shape index (κ1) is 18.1. The van der Waals surface area contributed by atoms with Crippen molar-refractivity contribution in [2.75, 3.05) is 32.0 Å². The Hall–Kier alpha value is -2.70. The Bertz CT molecular complexity index is 735. The molecule has 1 aromatic carbocycles. The van der Waals surface area contributed by atoms with Crippen molar-refractivity contribution in [3.8, 4) is 17.2 Å². The van der Waals surface area contributed by atoms with Crippen molar-refractivity contribution in [1.82, 2.24) is 9.97 Å². The van der Waals surface area contributed by atoms with Gasteiger partial charge in [-0.3, -0.25) is 0 Å². The molecule has 1 aliphatic carbocycles. The third-order valence-electron chi connectivity index (χ3n) is 4.48. The molecule has 1 heterocycles. The van der Waals surface area contributed by atoms with Crippen LogP contribution < -0.4 is 24.8 Å². The summed E-state index contributed by atoms with van der Waals surface area (Å²) in [4.78, 5) is 8.98. The van der Waals surface area contributed by atoms with Crippen LogP contribution >= 0.6 is 0 Å². The first-order valence-corrected chi connectivity index (χ1v) is 8.82. The summed E-state index contributed by atoms with van der Waals surface area (Å²) in [5, 5.41) is 6.81. The highest BCUT2D eigenvalue weighted by molar-refractivity contribution is 5.67. The lowest BCUT2D eigenvalue weighted by atomic mass is 10.2. The average molecular weight is 358 g/mol. The highest BCUT2D eigenvalue weighted by Gasteiger charge is 2.16. The molecule has 7 heteroatoms. The second-order valence-corrected chi connectivity index (χ2v) is 6.35. The topological polar surface area (TPSA) is 77.5 Å². The van der Waals surface area contributed by atoms with Gasteiger partial charge in [0.2, 0.25) is 5.75 Å². The summed E-state index contributed by atoms with van der Waals surface area (Å²) in [6.45, 7) is 1.89. The molecule has 1 aliphatic rings. The van der Waals surface area contributed by atoms with Crippen LogP contribution in [0.5, 0.6) is 17.2 Å². The second-order valence-electron chi connectivity index (χ2n) is 6.35. The van der Waals surface area contributed by atoms with Crippen molar-refractivity contribution in [3.05, 3.63) is 24.0 Å². The second kappa shape index (κ2) is 8.12. The van der Waals surface area contributed by atoms with Gasteiger partial charge in [-0.05, 0) is 19.8 Å². The maximum absolute atomic E-state index is 5.40. The van der Waals surface area contributed by atoms with Crippen molar-refractivity contribution in [2.45, 2.75) is 38.6 Å². The molecule has 140 valence electrons. The lowest BCUT2D eigenvalue weighted by Crippen LogP contribution is -2.16. The van der Waals surface area contributed by atoms with E-state index in [0.717, 1.165) is 11.5 Å². The fourth-order valence-electron chi connectivity index (χ4n) is 3.29. The summed E-state index contributed by atoms with van der Waals surface area (Å²) in [6.07, 6.45) is 4.94. The van der Waals surface area contributed by atoms with Crippen LogP contribution in [0.25, 0.3) is 0 Å². The lowest BCUT2D eigenvalue weighted by molar-refractivity contribution is 0.324. The van der Waals surface area contributed by atoms with E-state index >= 15 is 0 Å². The zero-order chi connectivity index (χ0) is 18.5. The summed E-state index contributed by atoms with van der Waals surface area (Å²) >= 11 is 0. The lowest BCUT2D eigenvalue weighted by Gasteiger charge is -2.16. The SMILES string of the molecule is COc1cc(Nc2cc(NC3CCCC3)nc(C)n2)cc(OC)c1OC. The van der Waals surface area contributed by atoms with E-state index in [2.05, 4.69) is 20.6 Å². The Labute approximate surface area is 154 Å². The standard InChI is InChI=1S/C19H26N4O3/c1-12-20-17(22-13-7-5-6-8-13)11-18(21-12)23-14-9-15(24-2)19(26-4)16(10-14)25-3/h9-11,13H,5-8H2,1-4H3,(H2,20,21,22,23). The number of hydrogen-bond acceptors (Lipinski definition) is 7. The molecule has 1 fully saturated rings. The molecule has 1 saturated carbocycles. The molecular formula is C19H26N4O3. The van der Waals surface area contributed by atoms with E-state index in [1.54, 1.807) is 21.3 Å². The summed E-state index contributed by atoms with van der Waals surface area (Å²) in [5.74, 6) is 4.01. The van der Waals surface area contributed by atoms with E-state index < -0.39 is 0 Å². The van der Waals surface area contributed by atoms with Gasteiger partial charge in [0.05, 0.1) is 21.3 Å². The van der Waals surface area contributed by atoms with Gasteiger partial charge in [0.1, 0.15) is 17.5 Å². The highest BCUT2D eigenvalue weighted by Crippen LogP contribution is 2.40. The van der Waals surface area contributed by atoms with Gasteiger partial charge < -0.3 is 24.8 Å². The maximum Gasteiger partial charge on any atom is 0.203 e. The molecule has 2 aromatic rings. The van der Waals surface area contributed by atoms with Gasteiger partial charge in [0.25, 0.3) is 0 Å². The molecule has 0 amide bonds. The predicted octanol–water partition coefficient (Wildman–Crippen LogP) is 3.91. The van der Waals surface area contributed by atoms with E-state index in [0.29, 0.717) is 34.9 Å². The van der Waals surface area contributed by atoms with Gasteiger partial charge in [-0.25, -0.2) is 9.97 Å². The summed E-state index contributed by atoms with van der Waals surface area (Å²) in [7, 11) is 4.78. The third kappa shape index (κ3) is 4.09. The molecule has 7 nitrogen and oxygen atoms in total. The number of aryl methyl sites for hydroxylation is 1. The Balaban J connectivity index is 1.84.